The van der Waals surface area contributed by atoms with Gasteiger partial charge >= 0.3 is 0 Å². The molecule has 4 nitrogen and oxygen atoms in total. The van der Waals surface area contributed by atoms with Crippen LogP contribution in [-0.4, -0.2) is 27.5 Å². The molecule has 0 amide bonds. The van der Waals surface area contributed by atoms with Gasteiger partial charge in [0.05, 0.1) is 0 Å². The number of nitrogens with two attached hydrogens (primary N) is 1. The quantitative estimate of drug-likeness (QED) is 0.785. The molecule has 5 heteroatoms. The lowest BCUT2D eigenvalue weighted by atomic mass is 10.4. The molecule has 1 aliphatic rings. The SMILES string of the molecule is CSC1(CNc2cc(N)ncn2)CC1. The zero-order chi connectivity index (χ0) is 10.0. The van der Waals surface area contributed by atoms with Gasteiger partial charge in [0.15, 0.2) is 0 Å². The van der Waals surface area contributed by atoms with Crippen LogP contribution in [-0.2, 0) is 0 Å². The normalized spacial score (nSPS) is 17.8. The van der Waals surface area contributed by atoms with Crippen LogP contribution < -0.4 is 11.1 Å². The highest BCUT2D eigenvalue weighted by molar-refractivity contribution is 8.00. The van der Waals surface area contributed by atoms with Crippen molar-refractivity contribution in [3.8, 4) is 0 Å². The third kappa shape index (κ3) is 2.09. The minimum atomic E-state index is 0.444. The summed E-state index contributed by atoms with van der Waals surface area (Å²) < 4.78 is 0.444. The van der Waals surface area contributed by atoms with Gasteiger partial charge in [0.2, 0.25) is 0 Å². The summed E-state index contributed by atoms with van der Waals surface area (Å²) >= 11 is 1.92. The molecule has 1 aromatic rings. The molecular formula is C9H14N4S. The van der Waals surface area contributed by atoms with Gasteiger partial charge in [-0.25, -0.2) is 9.97 Å². The van der Waals surface area contributed by atoms with Crippen LogP contribution in [0.1, 0.15) is 12.8 Å². The van der Waals surface area contributed by atoms with E-state index in [0.29, 0.717) is 10.6 Å². The van der Waals surface area contributed by atoms with Gasteiger partial charge in [0, 0.05) is 17.4 Å². The van der Waals surface area contributed by atoms with E-state index in [9.17, 15) is 0 Å². The third-order valence-corrected chi connectivity index (χ3v) is 3.94. The number of hydrogen-bond acceptors (Lipinski definition) is 5. The molecule has 76 valence electrons. The Bertz CT molecular complexity index is 324. The van der Waals surface area contributed by atoms with Crippen LogP contribution in [0.15, 0.2) is 12.4 Å². The van der Waals surface area contributed by atoms with Crippen molar-refractivity contribution in [2.45, 2.75) is 17.6 Å². The molecule has 1 aromatic heterocycles. The molecular weight excluding hydrogens is 196 g/mol. The molecule has 0 unspecified atom stereocenters. The second kappa shape index (κ2) is 3.65. The van der Waals surface area contributed by atoms with E-state index >= 15 is 0 Å². The Kier molecular flexibility index (Phi) is 2.50. The molecule has 3 N–H and O–H groups in total. The van der Waals surface area contributed by atoms with E-state index in [0.717, 1.165) is 12.4 Å². The van der Waals surface area contributed by atoms with E-state index in [4.69, 9.17) is 5.73 Å². The number of nitrogen functional groups attached to an aromatic ring is 1. The van der Waals surface area contributed by atoms with Crippen LogP contribution in [0.25, 0.3) is 0 Å². The van der Waals surface area contributed by atoms with E-state index in [1.807, 2.05) is 11.8 Å². The summed E-state index contributed by atoms with van der Waals surface area (Å²) in [6, 6.07) is 1.76. The van der Waals surface area contributed by atoms with Crippen molar-refractivity contribution in [3.05, 3.63) is 12.4 Å². The maximum atomic E-state index is 5.55. The molecule has 0 aromatic carbocycles. The lowest BCUT2D eigenvalue weighted by molar-refractivity contribution is 0.937. The van der Waals surface area contributed by atoms with Gasteiger partial charge in [-0.2, -0.15) is 11.8 Å². The van der Waals surface area contributed by atoms with Crippen LogP contribution >= 0.6 is 11.8 Å². The van der Waals surface area contributed by atoms with Crippen molar-refractivity contribution in [2.24, 2.45) is 0 Å². The zero-order valence-corrected chi connectivity index (χ0v) is 8.97. The summed E-state index contributed by atoms with van der Waals surface area (Å²) in [5.41, 5.74) is 5.55. The van der Waals surface area contributed by atoms with Crippen LogP contribution in [0.2, 0.25) is 0 Å². The van der Waals surface area contributed by atoms with Crippen molar-refractivity contribution in [1.82, 2.24) is 9.97 Å². The zero-order valence-electron chi connectivity index (χ0n) is 8.16. The number of nitrogens with one attached hydrogen (secondary N) is 1. The molecule has 0 radical (unpaired) electrons. The Labute approximate surface area is 87.7 Å². The number of nitrogens with zero attached hydrogens (tertiary/aromatic N) is 2. The van der Waals surface area contributed by atoms with E-state index in [1.165, 1.54) is 19.2 Å². The lowest BCUT2D eigenvalue weighted by Gasteiger charge is -2.13. The van der Waals surface area contributed by atoms with Crippen LogP contribution in [0, 0.1) is 0 Å². The molecule has 0 bridgehead atoms. The third-order valence-electron chi connectivity index (χ3n) is 2.52. The van der Waals surface area contributed by atoms with E-state index in [-0.39, 0.29) is 0 Å². The molecule has 1 heterocycles. The number of anilines is 2. The van der Waals surface area contributed by atoms with Crippen LogP contribution in [0.4, 0.5) is 11.6 Å². The minimum absolute atomic E-state index is 0.444. The van der Waals surface area contributed by atoms with Gasteiger partial charge in [0.1, 0.15) is 18.0 Å². The van der Waals surface area contributed by atoms with Crippen LogP contribution in [0.3, 0.4) is 0 Å². The Balaban J connectivity index is 1.92. The number of thioether (sulfide) groups is 1. The summed E-state index contributed by atoms with van der Waals surface area (Å²) in [6.07, 6.45) is 6.23. The van der Waals surface area contributed by atoms with E-state index in [2.05, 4.69) is 21.5 Å². The topological polar surface area (TPSA) is 63.8 Å². The molecule has 0 spiro atoms. The molecule has 1 aliphatic carbocycles. The fourth-order valence-electron chi connectivity index (χ4n) is 1.31. The summed E-state index contributed by atoms with van der Waals surface area (Å²) in [5, 5.41) is 3.29. The average molecular weight is 210 g/mol. The summed E-state index contributed by atoms with van der Waals surface area (Å²) in [4.78, 5) is 7.93. The number of hydrogen-bond donors (Lipinski definition) is 2. The van der Waals surface area contributed by atoms with Crippen molar-refractivity contribution < 1.29 is 0 Å². The second-order valence-electron chi connectivity index (χ2n) is 3.57. The molecule has 0 atom stereocenters. The van der Waals surface area contributed by atoms with Gasteiger partial charge in [0.25, 0.3) is 0 Å². The molecule has 14 heavy (non-hydrogen) atoms. The first-order chi connectivity index (χ1) is 6.74. The molecule has 2 rings (SSSR count). The Hall–Kier alpha value is -0.970. The van der Waals surface area contributed by atoms with Crippen molar-refractivity contribution in [1.29, 1.82) is 0 Å². The highest BCUT2D eigenvalue weighted by atomic mass is 32.2. The number of aromatic nitrogens is 2. The maximum absolute atomic E-state index is 5.55. The van der Waals surface area contributed by atoms with Crippen molar-refractivity contribution in [3.63, 3.8) is 0 Å². The summed E-state index contributed by atoms with van der Waals surface area (Å²) in [6.45, 7) is 0.963. The molecule has 1 fully saturated rings. The largest absolute Gasteiger partial charge is 0.384 e. The smallest absolute Gasteiger partial charge is 0.131 e. The molecule has 1 saturated carbocycles. The average Bonchev–Trinajstić information content (AvgIpc) is 2.96. The van der Waals surface area contributed by atoms with Crippen LogP contribution in [0.5, 0.6) is 0 Å². The first-order valence-corrected chi connectivity index (χ1v) is 5.83. The van der Waals surface area contributed by atoms with E-state index in [1.54, 1.807) is 6.07 Å². The fraction of sp³-hybridized carbons (Fsp3) is 0.556. The fourth-order valence-corrected chi connectivity index (χ4v) is 2.04. The maximum Gasteiger partial charge on any atom is 0.131 e. The highest BCUT2D eigenvalue weighted by Crippen LogP contribution is 2.46. The van der Waals surface area contributed by atoms with Gasteiger partial charge in [-0.05, 0) is 19.1 Å². The second-order valence-corrected chi connectivity index (χ2v) is 4.84. The van der Waals surface area contributed by atoms with Gasteiger partial charge in [-0.3, -0.25) is 0 Å². The van der Waals surface area contributed by atoms with Crippen molar-refractivity contribution in [2.75, 3.05) is 23.9 Å². The first kappa shape index (κ1) is 9.58. The van der Waals surface area contributed by atoms with Crippen molar-refractivity contribution >= 4 is 23.4 Å². The van der Waals surface area contributed by atoms with Gasteiger partial charge in [-0.15, -0.1) is 0 Å². The van der Waals surface area contributed by atoms with Gasteiger partial charge < -0.3 is 11.1 Å². The Morgan fingerprint density at radius 3 is 2.93 bits per heavy atom. The van der Waals surface area contributed by atoms with E-state index < -0.39 is 0 Å². The number of rotatable bonds is 4. The molecule has 0 aliphatic heterocycles. The standard InChI is InChI=1S/C9H14N4S/c1-14-9(2-3-9)5-11-8-4-7(10)12-6-13-8/h4,6H,2-3,5H2,1H3,(H3,10,11,12,13). The predicted octanol–water partition coefficient (Wildman–Crippen LogP) is 1.37. The minimum Gasteiger partial charge on any atom is -0.384 e. The highest BCUT2D eigenvalue weighted by Gasteiger charge is 2.41. The Morgan fingerprint density at radius 1 is 1.57 bits per heavy atom. The lowest BCUT2D eigenvalue weighted by Crippen LogP contribution is -2.18. The summed E-state index contributed by atoms with van der Waals surface area (Å²) in [5.74, 6) is 1.33. The Morgan fingerprint density at radius 2 is 2.36 bits per heavy atom. The molecule has 0 saturated heterocycles. The predicted molar refractivity (Wildman–Crippen MR) is 60.4 cm³/mol. The summed E-state index contributed by atoms with van der Waals surface area (Å²) in [7, 11) is 0. The van der Waals surface area contributed by atoms with Gasteiger partial charge in [-0.1, -0.05) is 0 Å². The monoisotopic (exact) mass is 210 g/mol. The first-order valence-electron chi connectivity index (χ1n) is 4.61.